The van der Waals surface area contributed by atoms with Crippen molar-refractivity contribution in [2.24, 2.45) is 11.7 Å². The summed E-state index contributed by atoms with van der Waals surface area (Å²) in [5.41, 5.74) is 13.2. The summed E-state index contributed by atoms with van der Waals surface area (Å²) in [6.07, 6.45) is 5.99. The number of carbonyl (C=O) groups excluding carboxylic acids is 1. The number of hydrogen-bond donors (Lipinski definition) is 2. The minimum Gasteiger partial charge on any atom is -0.366 e. The van der Waals surface area contributed by atoms with Gasteiger partial charge in [0.2, 0.25) is 5.91 Å². The summed E-state index contributed by atoms with van der Waals surface area (Å²) in [5, 5.41) is 3.83. The molecule has 1 saturated heterocycles. The van der Waals surface area contributed by atoms with Gasteiger partial charge in [0.25, 0.3) is 0 Å². The number of nitrogens with two attached hydrogens (primary N) is 1. The lowest BCUT2D eigenvalue weighted by Gasteiger charge is -2.33. The molecule has 3 aliphatic rings. The summed E-state index contributed by atoms with van der Waals surface area (Å²) in [7, 11) is 0. The van der Waals surface area contributed by atoms with Crippen molar-refractivity contribution < 1.29 is 4.79 Å². The van der Waals surface area contributed by atoms with Gasteiger partial charge in [-0.3, -0.25) is 14.8 Å². The highest BCUT2D eigenvalue weighted by Gasteiger charge is 2.51. The average Bonchev–Trinajstić information content (AvgIpc) is 3.52. The number of nitrogens with zero attached hydrogens (tertiary/aromatic N) is 3. The third-order valence-electron chi connectivity index (χ3n) is 7.02. The Kier molecular flexibility index (Phi) is 4.28. The van der Waals surface area contributed by atoms with Crippen LogP contribution in [-0.2, 0) is 0 Å². The maximum atomic E-state index is 11.4. The molecule has 3 N–H and O–H groups in total. The summed E-state index contributed by atoms with van der Waals surface area (Å²) in [5.74, 6) is 0.255. The SMILES string of the molecule is Cc1cccc(C2=C(c3ccnc(-c4ccc(C(N)=O)cc4)c3)N3C4CCC(C4)C3N2)n1. The Hall–Kier alpha value is -3.67. The van der Waals surface area contributed by atoms with Gasteiger partial charge >= 0.3 is 0 Å². The number of amides is 1. The van der Waals surface area contributed by atoms with E-state index in [2.05, 4.69) is 39.5 Å². The Balaban J connectivity index is 1.46. The van der Waals surface area contributed by atoms with E-state index in [0.717, 1.165) is 33.9 Å². The van der Waals surface area contributed by atoms with E-state index in [-0.39, 0.29) is 0 Å². The van der Waals surface area contributed by atoms with Gasteiger partial charge in [0.05, 0.1) is 22.8 Å². The van der Waals surface area contributed by atoms with Crippen molar-refractivity contribution in [3.63, 3.8) is 0 Å². The molecule has 1 saturated carbocycles. The van der Waals surface area contributed by atoms with Crippen molar-refractivity contribution in [1.82, 2.24) is 20.2 Å². The molecule has 2 aromatic heterocycles. The monoisotopic (exact) mass is 423 g/mol. The van der Waals surface area contributed by atoms with Crippen molar-refractivity contribution >= 4 is 17.3 Å². The lowest BCUT2D eigenvalue weighted by molar-refractivity contribution is 0.100. The van der Waals surface area contributed by atoms with E-state index >= 15 is 0 Å². The largest absolute Gasteiger partial charge is 0.366 e. The first kappa shape index (κ1) is 19.0. The Morgan fingerprint density at radius 2 is 1.91 bits per heavy atom. The van der Waals surface area contributed by atoms with Crippen molar-refractivity contribution in [3.05, 3.63) is 83.3 Å². The second-order valence-electron chi connectivity index (χ2n) is 8.98. The summed E-state index contributed by atoms with van der Waals surface area (Å²) in [6.45, 7) is 2.03. The lowest BCUT2D eigenvalue weighted by Crippen LogP contribution is -2.41. The zero-order valence-electron chi connectivity index (χ0n) is 18.0. The maximum Gasteiger partial charge on any atom is 0.248 e. The van der Waals surface area contributed by atoms with Gasteiger partial charge in [0.1, 0.15) is 6.17 Å². The Labute approximate surface area is 187 Å². The topological polar surface area (TPSA) is 84.1 Å². The summed E-state index contributed by atoms with van der Waals surface area (Å²) in [6, 6.07) is 18.3. The van der Waals surface area contributed by atoms with Gasteiger partial charge in [-0.1, -0.05) is 18.2 Å². The molecule has 0 radical (unpaired) electrons. The zero-order valence-corrected chi connectivity index (χ0v) is 18.0. The molecule has 3 atom stereocenters. The van der Waals surface area contributed by atoms with Crippen LogP contribution in [0.15, 0.2) is 60.8 Å². The maximum absolute atomic E-state index is 11.4. The molecule has 160 valence electrons. The van der Waals surface area contributed by atoms with Crippen LogP contribution in [0.2, 0.25) is 0 Å². The third kappa shape index (κ3) is 2.98. The first-order chi connectivity index (χ1) is 15.6. The van der Waals surface area contributed by atoms with Gasteiger partial charge < -0.3 is 16.0 Å². The normalized spacial score (nSPS) is 23.4. The van der Waals surface area contributed by atoms with Crippen LogP contribution in [-0.4, -0.2) is 33.0 Å². The van der Waals surface area contributed by atoms with Gasteiger partial charge in [-0.25, -0.2) is 0 Å². The van der Waals surface area contributed by atoms with Gasteiger partial charge in [-0.15, -0.1) is 0 Å². The van der Waals surface area contributed by atoms with E-state index < -0.39 is 5.91 Å². The number of carbonyl (C=O) groups is 1. The van der Waals surface area contributed by atoms with Crippen molar-refractivity contribution in [3.8, 4) is 11.3 Å². The van der Waals surface area contributed by atoms with Crippen LogP contribution < -0.4 is 11.1 Å². The number of rotatable bonds is 4. The average molecular weight is 424 g/mol. The molecule has 3 aromatic rings. The van der Waals surface area contributed by atoms with Crippen LogP contribution in [0.4, 0.5) is 0 Å². The van der Waals surface area contributed by atoms with Gasteiger partial charge in [-0.2, -0.15) is 0 Å². The number of aromatic nitrogens is 2. The molecule has 2 fully saturated rings. The van der Waals surface area contributed by atoms with Crippen molar-refractivity contribution in [1.29, 1.82) is 0 Å². The number of pyridine rings is 2. The predicted molar refractivity (Wildman–Crippen MR) is 124 cm³/mol. The molecule has 4 heterocycles. The Morgan fingerprint density at radius 1 is 1.06 bits per heavy atom. The third-order valence-corrected chi connectivity index (χ3v) is 7.02. The van der Waals surface area contributed by atoms with Crippen LogP contribution >= 0.6 is 0 Å². The molecule has 2 bridgehead atoms. The highest BCUT2D eigenvalue weighted by Crippen LogP contribution is 2.50. The van der Waals surface area contributed by atoms with E-state index in [0.29, 0.717) is 23.7 Å². The van der Waals surface area contributed by atoms with Crippen molar-refractivity contribution in [2.45, 2.75) is 38.4 Å². The second kappa shape index (κ2) is 7.19. The molecule has 1 aromatic carbocycles. The fourth-order valence-electron chi connectivity index (χ4n) is 5.55. The van der Waals surface area contributed by atoms with E-state index in [1.165, 1.54) is 25.0 Å². The molecule has 2 aliphatic heterocycles. The quantitative estimate of drug-likeness (QED) is 0.667. The first-order valence-corrected chi connectivity index (χ1v) is 11.2. The van der Waals surface area contributed by atoms with Crippen molar-refractivity contribution in [2.75, 3.05) is 0 Å². The van der Waals surface area contributed by atoms with E-state index in [1.54, 1.807) is 12.1 Å². The predicted octanol–water partition coefficient (Wildman–Crippen LogP) is 3.79. The lowest BCUT2D eigenvalue weighted by atomic mass is 10.0. The molecule has 0 spiro atoms. The van der Waals surface area contributed by atoms with Crippen LogP contribution in [0.3, 0.4) is 0 Å². The highest BCUT2D eigenvalue weighted by molar-refractivity contribution is 5.93. The summed E-state index contributed by atoms with van der Waals surface area (Å²) < 4.78 is 0. The molecular weight excluding hydrogens is 398 g/mol. The number of aryl methyl sites for hydroxylation is 1. The summed E-state index contributed by atoms with van der Waals surface area (Å²) in [4.78, 5) is 23.4. The van der Waals surface area contributed by atoms with Crippen LogP contribution in [0.5, 0.6) is 0 Å². The van der Waals surface area contributed by atoms with E-state index in [1.807, 2.05) is 31.3 Å². The molecular formula is C26H25N5O. The van der Waals surface area contributed by atoms with Crippen LogP contribution in [0, 0.1) is 12.8 Å². The molecule has 6 rings (SSSR count). The van der Waals surface area contributed by atoms with Gasteiger partial charge in [-0.05, 0) is 68.5 Å². The van der Waals surface area contributed by atoms with E-state index in [9.17, 15) is 4.79 Å². The zero-order chi connectivity index (χ0) is 21.8. The van der Waals surface area contributed by atoms with Gasteiger partial charge in [0, 0.05) is 34.6 Å². The molecule has 1 aliphatic carbocycles. The number of hydrogen-bond acceptors (Lipinski definition) is 5. The first-order valence-electron chi connectivity index (χ1n) is 11.2. The number of fused-ring (bicyclic) bond motifs is 5. The molecule has 32 heavy (non-hydrogen) atoms. The number of piperidine rings is 1. The van der Waals surface area contributed by atoms with E-state index in [4.69, 9.17) is 10.7 Å². The smallest absolute Gasteiger partial charge is 0.248 e. The Bertz CT molecular complexity index is 1250. The van der Waals surface area contributed by atoms with Crippen LogP contribution in [0.1, 0.15) is 46.6 Å². The number of benzene rings is 1. The molecule has 6 nitrogen and oxygen atoms in total. The van der Waals surface area contributed by atoms with Crippen LogP contribution in [0.25, 0.3) is 22.7 Å². The number of nitrogens with one attached hydrogen (secondary N) is 1. The fraction of sp³-hybridized carbons (Fsp3) is 0.269. The minimum atomic E-state index is -0.425. The Morgan fingerprint density at radius 3 is 2.69 bits per heavy atom. The highest BCUT2D eigenvalue weighted by atomic mass is 16.1. The molecule has 6 heteroatoms. The van der Waals surface area contributed by atoms with Gasteiger partial charge in [0.15, 0.2) is 0 Å². The second-order valence-corrected chi connectivity index (χ2v) is 8.98. The summed E-state index contributed by atoms with van der Waals surface area (Å²) >= 11 is 0. The molecule has 3 unspecified atom stereocenters. The number of primary amides is 1. The standard InChI is InChI=1S/C26H25N5O/c1-15-3-2-4-21(29-15)23-24(31-20-10-9-19(13-20)26(31)30-23)18-11-12-28-22(14-18)16-5-7-17(8-6-16)25(27)32/h2-8,11-12,14,19-20,26,30H,9-10,13H2,1H3,(H2,27,32). The molecule has 1 amide bonds. The fourth-order valence-corrected chi connectivity index (χ4v) is 5.55. The minimum absolute atomic E-state index is 0.340.